The number of hydrogen-bond donors (Lipinski definition) is 1. The van der Waals surface area contributed by atoms with Crippen LogP contribution in [-0.2, 0) is 4.79 Å². The Labute approximate surface area is 123 Å². The third-order valence-corrected chi connectivity index (χ3v) is 5.67. The topological polar surface area (TPSA) is 71.4 Å². The highest BCUT2D eigenvalue weighted by Crippen LogP contribution is 2.24. The van der Waals surface area contributed by atoms with Gasteiger partial charge in [0.25, 0.3) is 0 Å². The van der Waals surface area contributed by atoms with Crippen molar-refractivity contribution in [1.29, 1.82) is 0 Å². The number of aliphatic imine (C=N–C) groups is 1. The van der Waals surface area contributed by atoms with Gasteiger partial charge in [-0.3, -0.25) is 14.6 Å². The van der Waals surface area contributed by atoms with Crippen molar-refractivity contribution in [1.82, 2.24) is 4.98 Å². The van der Waals surface area contributed by atoms with Gasteiger partial charge in [-0.1, -0.05) is 34.9 Å². The number of anilines is 1. The van der Waals surface area contributed by atoms with E-state index in [0.29, 0.717) is 21.5 Å². The van der Waals surface area contributed by atoms with Crippen LogP contribution in [0.25, 0.3) is 0 Å². The molecule has 2 heterocycles. The number of Topliss-reactive ketones (excluding diaryl/α,β-unsaturated/α-hetero) is 1. The minimum absolute atomic E-state index is 0.0263. The van der Waals surface area contributed by atoms with Crippen LogP contribution in [0.15, 0.2) is 4.99 Å². The number of rotatable bonds is 4. The molecule has 0 spiro atoms. The van der Waals surface area contributed by atoms with Crippen LogP contribution in [0.2, 0.25) is 0 Å². The van der Waals surface area contributed by atoms with Crippen molar-refractivity contribution in [2.45, 2.75) is 13.8 Å². The van der Waals surface area contributed by atoms with E-state index in [1.807, 2.05) is 0 Å². The smallest absolute Gasteiger partial charge is 0.236 e. The molecule has 0 radical (unpaired) electrons. The molecule has 0 saturated carbocycles. The zero-order chi connectivity index (χ0) is 13.8. The highest BCUT2D eigenvalue weighted by Gasteiger charge is 2.15. The van der Waals surface area contributed by atoms with Gasteiger partial charge in [0.15, 0.2) is 10.9 Å². The summed E-state index contributed by atoms with van der Waals surface area (Å²) < 4.78 is 0.967. The molecule has 1 amide bonds. The van der Waals surface area contributed by atoms with E-state index in [1.54, 1.807) is 18.7 Å². The van der Waals surface area contributed by atoms with Crippen LogP contribution in [0, 0.1) is 6.92 Å². The van der Waals surface area contributed by atoms with Gasteiger partial charge in [0, 0.05) is 12.7 Å². The molecule has 1 aromatic heterocycles. The lowest BCUT2D eigenvalue weighted by Crippen LogP contribution is -2.14. The Hall–Kier alpha value is -0.860. The second kappa shape index (κ2) is 6.53. The van der Waals surface area contributed by atoms with Gasteiger partial charge >= 0.3 is 0 Å². The lowest BCUT2D eigenvalue weighted by molar-refractivity contribution is -0.113. The average molecular weight is 315 g/mol. The van der Waals surface area contributed by atoms with E-state index >= 15 is 0 Å². The number of aromatic nitrogens is 1. The van der Waals surface area contributed by atoms with Gasteiger partial charge in [-0.05, 0) is 6.92 Å². The zero-order valence-corrected chi connectivity index (χ0v) is 13.0. The molecule has 0 bridgehead atoms. The molecule has 0 saturated heterocycles. The van der Waals surface area contributed by atoms with Crippen LogP contribution in [0.1, 0.15) is 22.3 Å². The molecule has 0 atom stereocenters. The van der Waals surface area contributed by atoms with E-state index < -0.39 is 0 Å². The molecular weight excluding hydrogens is 302 g/mol. The largest absolute Gasteiger partial charge is 0.301 e. The van der Waals surface area contributed by atoms with Crippen molar-refractivity contribution < 1.29 is 9.59 Å². The van der Waals surface area contributed by atoms with Crippen LogP contribution in [0.5, 0.6) is 0 Å². The molecule has 5 nitrogen and oxygen atoms in total. The van der Waals surface area contributed by atoms with Gasteiger partial charge in [-0.2, -0.15) is 0 Å². The maximum Gasteiger partial charge on any atom is 0.236 e. The van der Waals surface area contributed by atoms with E-state index in [2.05, 4.69) is 15.3 Å². The summed E-state index contributed by atoms with van der Waals surface area (Å²) in [4.78, 5) is 32.1. The lowest BCUT2D eigenvalue weighted by Gasteiger charge is -2.00. The number of ketones is 1. The zero-order valence-electron chi connectivity index (χ0n) is 10.6. The fourth-order valence-corrected chi connectivity index (χ4v) is 4.15. The molecule has 0 unspecified atom stereocenters. The maximum atomic E-state index is 11.7. The van der Waals surface area contributed by atoms with Gasteiger partial charge in [0.05, 0.1) is 22.9 Å². The molecule has 0 aliphatic carbocycles. The second-order valence-electron chi connectivity index (χ2n) is 3.82. The Morgan fingerprint density at radius 3 is 2.84 bits per heavy atom. The van der Waals surface area contributed by atoms with Crippen LogP contribution in [-0.4, -0.2) is 39.1 Å². The predicted octanol–water partition coefficient (Wildman–Crippen LogP) is 2.43. The first-order valence-corrected chi connectivity index (χ1v) is 8.43. The molecule has 1 N–H and O–H groups in total. The summed E-state index contributed by atoms with van der Waals surface area (Å²) in [5.41, 5.74) is 0.663. The minimum atomic E-state index is -0.121. The number of nitrogens with one attached hydrogen (secondary N) is 1. The fraction of sp³-hybridized carbons (Fsp3) is 0.455. The Kier molecular flexibility index (Phi) is 5.00. The van der Waals surface area contributed by atoms with Crippen LogP contribution >= 0.6 is 34.9 Å². The number of hydrogen-bond acceptors (Lipinski definition) is 7. The number of carbonyl (C=O) groups is 2. The van der Waals surface area contributed by atoms with E-state index in [4.69, 9.17) is 0 Å². The number of amides is 1. The summed E-state index contributed by atoms with van der Waals surface area (Å²) in [5.74, 6) is 1.17. The third-order valence-electron chi connectivity index (χ3n) is 2.25. The Morgan fingerprint density at radius 2 is 2.26 bits per heavy atom. The standard InChI is InChI=1S/C11H13N3O2S3/c1-6-9(7(2)15)19-10(13-6)14-8(16)5-18-11-12-3-4-17-11/h3-5H2,1-2H3,(H,13,14,16). The monoisotopic (exact) mass is 315 g/mol. The van der Waals surface area contributed by atoms with Gasteiger partial charge in [0.1, 0.15) is 4.38 Å². The average Bonchev–Trinajstić information content (AvgIpc) is 2.96. The molecule has 19 heavy (non-hydrogen) atoms. The van der Waals surface area contributed by atoms with Crippen molar-refractivity contribution >= 4 is 56.1 Å². The molecule has 2 rings (SSSR count). The van der Waals surface area contributed by atoms with E-state index in [0.717, 1.165) is 16.7 Å². The summed E-state index contributed by atoms with van der Waals surface area (Å²) in [6, 6.07) is 0. The SMILES string of the molecule is CC(=O)c1sc(NC(=O)CSC2=NCCS2)nc1C. The number of thiazole rings is 1. The first kappa shape index (κ1) is 14.5. The van der Waals surface area contributed by atoms with Gasteiger partial charge in [0.2, 0.25) is 5.91 Å². The van der Waals surface area contributed by atoms with E-state index in [9.17, 15) is 9.59 Å². The number of thioether (sulfide) groups is 2. The van der Waals surface area contributed by atoms with Crippen molar-refractivity contribution in [2.24, 2.45) is 4.99 Å². The van der Waals surface area contributed by atoms with Gasteiger partial charge < -0.3 is 5.32 Å². The van der Waals surface area contributed by atoms with Crippen molar-refractivity contribution in [2.75, 3.05) is 23.4 Å². The van der Waals surface area contributed by atoms with Crippen LogP contribution in [0.4, 0.5) is 5.13 Å². The van der Waals surface area contributed by atoms with Crippen LogP contribution in [0.3, 0.4) is 0 Å². The first-order valence-electron chi connectivity index (χ1n) is 5.64. The summed E-state index contributed by atoms with van der Waals surface area (Å²) in [6.45, 7) is 4.10. The van der Waals surface area contributed by atoms with Gasteiger partial charge in [-0.25, -0.2) is 4.98 Å². The summed E-state index contributed by atoms with van der Waals surface area (Å²) >= 11 is 4.33. The molecule has 1 aliphatic rings. The lowest BCUT2D eigenvalue weighted by atomic mass is 10.3. The number of carbonyl (C=O) groups excluding carboxylic acids is 2. The predicted molar refractivity (Wildman–Crippen MR) is 82.7 cm³/mol. The van der Waals surface area contributed by atoms with Crippen molar-refractivity contribution in [3.63, 3.8) is 0 Å². The molecule has 0 aromatic carbocycles. The Bertz CT molecular complexity index is 539. The molecule has 0 fully saturated rings. The molecule has 1 aliphatic heterocycles. The normalized spacial score (nSPS) is 14.3. The molecule has 8 heteroatoms. The summed E-state index contributed by atoms with van der Waals surface area (Å²) in [6.07, 6.45) is 0. The van der Waals surface area contributed by atoms with E-state index in [1.165, 1.54) is 30.0 Å². The quantitative estimate of drug-likeness (QED) is 0.864. The third kappa shape index (κ3) is 4.05. The first-order chi connectivity index (χ1) is 9.06. The van der Waals surface area contributed by atoms with Crippen molar-refractivity contribution in [3.05, 3.63) is 10.6 Å². The number of aryl methyl sites for hydroxylation is 1. The highest BCUT2D eigenvalue weighted by molar-refractivity contribution is 8.39. The second-order valence-corrected chi connectivity index (χ2v) is 7.13. The molecular formula is C11H13N3O2S3. The molecule has 102 valence electrons. The Morgan fingerprint density at radius 1 is 1.47 bits per heavy atom. The molecule has 1 aromatic rings. The number of nitrogens with zero attached hydrogens (tertiary/aromatic N) is 2. The summed E-state index contributed by atoms with van der Waals surface area (Å²) in [7, 11) is 0. The fourth-order valence-electron chi connectivity index (χ4n) is 1.46. The Balaban J connectivity index is 1.88. The highest BCUT2D eigenvalue weighted by atomic mass is 32.2. The maximum absolute atomic E-state index is 11.7. The minimum Gasteiger partial charge on any atom is -0.301 e. The van der Waals surface area contributed by atoms with Crippen LogP contribution < -0.4 is 5.32 Å². The van der Waals surface area contributed by atoms with E-state index in [-0.39, 0.29) is 11.7 Å². The van der Waals surface area contributed by atoms with Gasteiger partial charge in [-0.15, -0.1) is 0 Å². The van der Waals surface area contributed by atoms with Crippen molar-refractivity contribution in [3.8, 4) is 0 Å². The summed E-state index contributed by atoms with van der Waals surface area (Å²) in [5, 5.41) is 3.19.